The van der Waals surface area contributed by atoms with Crippen LogP contribution in [-0.4, -0.2) is 72.7 Å². The molecule has 178 valence electrons. The molecule has 0 aromatic heterocycles. The van der Waals surface area contributed by atoms with E-state index in [0.717, 1.165) is 12.1 Å². The molecule has 0 aliphatic heterocycles. The van der Waals surface area contributed by atoms with E-state index in [-0.39, 0.29) is 48.7 Å². The van der Waals surface area contributed by atoms with Crippen LogP contribution in [0.1, 0.15) is 82.0 Å². The molecule has 0 radical (unpaired) electrons. The number of rotatable bonds is 12. The summed E-state index contributed by atoms with van der Waals surface area (Å²) in [5, 5.41) is 19.3. The summed E-state index contributed by atoms with van der Waals surface area (Å²) in [6.07, 6.45) is -1.19. The molecular weight excluding hydrogens is 424 g/mol. The van der Waals surface area contributed by atoms with Crippen LogP contribution in [0, 0.1) is 0 Å². The van der Waals surface area contributed by atoms with Crippen molar-refractivity contribution in [2.24, 2.45) is 0 Å². The first-order valence-electron chi connectivity index (χ1n) is 10.4. The Kier molecular flexibility index (Phi) is 11.4. The van der Waals surface area contributed by atoms with Gasteiger partial charge in [-0.15, -0.1) is 0 Å². The second kappa shape index (κ2) is 13.4. The van der Waals surface area contributed by atoms with E-state index in [9.17, 15) is 29.4 Å². The molecule has 0 aliphatic carbocycles. The van der Waals surface area contributed by atoms with E-state index in [0.29, 0.717) is 12.8 Å². The van der Waals surface area contributed by atoms with Crippen molar-refractivity contribution in [3.8, 4) is 0 Å². The van der Waals surface area contributed by atoms with Gasteiger partial charge in [0, 0.05) is 0 Å². The SMILES string of the molecule is CCOC(=O)c1cc(C(=O)OCC(O)CC)c(C(=O)OCC(O)CC)cc1C(=O)OCC. The Morgan fingerprint density at radius 1 is 0.625 bits per heavy atom. The fourth-order valence-corrected chi connectivity index (χ4v) is 2.43. The Balaban J connectivity index is 3.53. The van der Waals surface area contributed by atoms with Gasteiger partial charge >= 0.3 is 23.9 Å². The predicted octanol–water partition coefficient (Wildman–Crippen LogP) is 1.90. The van der Waals surface area contributed by atoms with Gasteiger partial charge in [0.1, 0.15) is 13.2 Å². The molecule has 1 aromatic rings. The van der Waals surface area contributed by atoms with Crippen molar-refractivity contribution in [2.45, 2.75) is 52.7 Å². The van der Waals surface area contributed by atoms with E-state index < -0.39 is 36.1 Å². The molecule has 0 bridgehead atoms. The van der Waals surface area contributed by atoms with Crippen LogP contribution in [0.3, 0.4) is 0 Å². The summed E-state index contributed by atoms with van der Waals surface area (Å²) in [6, 6.07) is 2.00. The second-order valence-corrected chi connectivity index (χ2v) is 6.71. The van der Waals surface area contributed by atoms with Crippen LogP contribution in [0.25, 0.3) is 0 Å². The first-order valence-corrected chi connectivity index (χ1v) is 10.4. The summed E-state index contributed by atoms with van der Waals surface area (Å²) in [5.41, 5.74) is -1.31. The van der Waals surface area contributed by atoms with Gasteiger partial charge < -0.3 is 29.2 Å². The fraction of sp³-hybridized carbons (Fsp3) is 0.545. The van der Waals surface area contributed by atoms with Crippen molar-refractivity contribution in [3.63, 3.8) is 0 Å². The molecule has 1 aromatic carbocycles. The third-order valence-corrected chi connectivity index (χ3v) is 4.34. The minimum atomic E-state index is -1.01. The topological polar surface area (TPSA) is 146 Å². The molecule has 10 nitrogen and oxygen atoms in total. The lowest BCUT2D eigenvalue weighted by Gasteiger charge is -2.16. The van der Waals surface area contributed by atoms with Gasteiger partial charge in [0.2, 0.25) is 0 Å². The van der Waals surface area contributed by atoms with Crippen LogP contribution < -0.4 is 0 Å². The minimum Gasteiger partial charge on any atom is -0.462 e. The van der Waals surface area contributed by atoms with Gasteiger partial charge in [-0.1, -0.05) is 13.8 Å². The molecule has 10 heteroatoms. The molecule has 0 heterocycles. The number of hydrogen-bond donors (Lipinski definition) is 2. The zero-order chi connectivity index (χ0) is 24.3. The van der Waals surface area contributed by atoms with E-state index >= 15 is 0 Å². The highest BCUT2D eigenvalue weighted by Crippen LogP contribution is 2.22. The standard InChI is InChI=1S/C22H30O10/c1-5-13(23)11-31-21(27)17-9-15(19(25)29-7-3)16(20(26)30-8-4)10-18(17)22(28)32-12-14(24)6-2/h9-10,13-14,23-24H,5-8,11-12H2,1-4H3. The van der Waals surface area contributed by atoms with Crippen molar-refractivity contribution >= 4 is 23.9 Å². The minimum absolute atomic E-state index is 0.00225. The first kappa shape index (κ1) is 27.1. The monoisotopic (exact) mass is 454 g/mol. The van der Waals surface area contributed by atoms with Crippen LogP contribution in [0.15, 0.2) is 12.1 Å². The molecule has 0 amide bonds. The van der Waals surface area contributed by atoms with E-state index in [4.69, 9.17) is 18.9 Å². The number of esters is 4. The highest BCUT2D eigenvalue weighted by atomic mass is 16.6. The lowest BCUT2D eigenvalue weighted by molar-refractivity contribution is 0.0212. The van der Waals surface area contributed by atoms with Gasteiger partial charge in [0.05, 0.1) is 47.7 Å². The summed E-state index contributed by atoms with van der Waals surface area (Å²) in [4.78, 5) is 50.2. The number of benzene rings is 1. The molecule has 0 fully saturated rings. The molecule has 1 rings (SSSR count). The molecule has 0 saturated carbocycles. The Morgan fingerprint density at radius 3 is 1.16 bits per heavy atom. The second-order valence-electron chi connectivity index (χ2n) is 6.71. The van der Waals surface area contributed by atoms with Gasteiger partial charge in [0.15, 0.2) is 0 Å². The highest BCUT2D eigenvalue weighted by molar-refractivity contribution is 6.10. The van der Waals surface area contributed by atoms with E-state index in [1.165, 1.54) is 0 Å². The summed E-state index contributed by atoms with van der Waals surface area (Å²) in [6.45, 7) is 5.83. The number of ether oxygens (including phenoxy) is 4. The maximum absolute atomic E-state index is 12.7. The van der Waals surface area contributed by atoms with Crippen LogP contribution in [0.4, 0.5) is 0 Å². The largest absolute Gasteiger partial charge is 0.462 e. The van der Waals surface area contributed by atoms with Crippen molar-refractivity contribution in [1.82, 2.24) is 0 Å². The van der Waals surface area contributed by atoms with Crippen molar-refractivity contribution in [2.75, 3.05) is 26.4 Å². The van der Waals surface area contributed by atoms with Gasteiger partial charge in [-0.3, -0.25) is 0 Å². The third kappa shape index (κ3) is 7.61. The summed E-state index contributed by atoms with van der Waals surface area (Å²) < 4.78 is 20.0. The van der Waals surface area contributed by atoms with Crippen LogP contribution in [0.5, 0.6) is 0 Å². The highest BCUT2D eigenvalue weighted by Gasteiger charge is 2.29. The number of carbonyl (C=O) groups is 4. The lowest BCUT2D eigenvalue weighted by atomic mass is 9.97. The molecule has 2 N–H and O–H groups in total. The van der Waals surface area contributed by atoms with Crippen molar-refractivity contribution < 1.29 is 48.3 Å². The molecule has 32 heavy (non-hydrogen) atoms. The van der Waals surface area contributed by atoms with E-state index in [1.54, 1.807) is 27.7 Å². The maximum Gasteiger partial charge on any atom is 0.339 e. The molecule has 2 unspecified atom stereocenters. The number of aliphatic hydroxyl groups excluding tert-OH is 2. The maximum atomic E-state index is 12.7. The summed E-state index contributed by atoms with van der Waals surface area (Å²) in [7, 11) is 0. The third-order valence-electron chi connectivity index (χ3n) is 4.34. The number of hydrogen-bond acceptors (Lipinski definition) is 10. The Hall–Kier alpha value is -2.98. The Morgan fingerprint density at radius 2 is 0.906 bits per heavy atom. The van der Waals surface area contributed by atoms with Crippen molar-refractivity contribution in [3.05, 3.63) is 34.4 Å². The van der Waals surface area contributed by atoms with Gasteiger partial charge in [-0.2, -0.15) is 0 Å². The average molecular weight is 454 g/mol. The fourth-order valence-electron chi connectivity index (χ4n) is 2.43. The van der Waals surface area contributed by atoms with E-state index in [2.05, 4.69) is 0 Å². The molecule has 0 spiro atoms. The summed E-state index contributed by atoms with van der Waals surface area (Å²) in [5.74, 6) is -3.83. The zero-order valence-corrected chi connectivity index (χ0v) is 18.7. The zero-order valence-electron chi connectivity index (χ0n) is 18.7. The van der Waals surface area contributed by atoms with Crippen LogP contribution in [0.2, 0.25) is 0 Å². The van der Waals surface area contributed by atoms with Gasteiger partial charge in [0.25, 0.3) is 0 Å². The van der Waals surface area contributed by atoms with Crippen LogP contribution >= 0.6 is 0 Å². The van der Waals surface area contributed by atoms with Crippen molar-refractivity contribution in [1.29, 1.82) is 0 Å². The Bertz CT molecular complexity index is 750. The molecule has 0 aliphatic rings. The molecular formula is C22H30O10. The Labute approximate surface area is 186 Å². The van der Waals surface area contributed by atoms with Crippen LogP contribution in [-0.2, 0) is 18.9 Å². The average Bonchev–Trinajstić information content (AvgIpc) is 2.79. The molecule has 0 saturated heterocycles. The first-order chi connectivity index (χ1) is 15.2. The predicted molar refractivity (Wildman–Crippen MR) is 112 cm³/mol. The van der Waals surface area contributed by atoms with Gasteiger partial charge in [-0.05, 0) is 38.8 Å². The quantitative estimate of drug-likeness (QED) is 0.355. The van der Waals surface area contributed by atoms with E-state index in [1.807, 2.05) is 0 Å². The normalized spacial score (nSPS) is 12.4. The summed E-state index contributed by atoms with van der Waals surface area (Å²) >= 11 is 0. The lowest BCUT2D eigenvalue weighted by Crippen LogP contribution is -2.24. The number of carbonyl (C=O) groups excluding carboxylic acids is 4. The number of aliphatic hydroxyl groups is 2. The smallest absolute Gasteiger partial charge is 0.339 e. The molecule has 2 atom stereocenters. The van der Waals surface area contributed by atoms with Gasteiger partial charge in [-0.25, -0.2) is 19.2 Å².